The lowest BCUT2D eigenvalue weighted by Crippen LogP contribution is -2.22. The van der Waals surface area contributed by atoms with Crippen molar-refractivity contribution in [2.45, 2.75) is 123 Å². The number of unbranched alkanes of at least 4 members (excludes halogenated alkanes) is 13. The molecule has 10 heteroatoms. The molecule has 0 aliphatic carbocycles. The van der Waals surface area contributed by atoms with Crippen molar-refractivity contribution in [1.29, 1.82) is 0 Å². The van der Waals surface area contributed by atoms with Gasteiger partial charge in [-0.25, -0.2) is 14.6 Å². The summed E-state index contributed by atoms with van der Waals surface area (Å²) in [7, 11) is 0. The third kappa shape index (κ3) is 15.5. The lowest BCUT2D eigenvalue weighted by molar-refractivity contribution is -0.148. The number of aromatic carboxylic acids is 1. The molecule has 0 unspecified atom stereocenters. The van der Waals surface area contributed by atoms with E-state index in [9.17, 15) is 19.5 Å². The summed E-state index contributed by atoms with van der Waals surface area (Å²) in [6.07, 6.45) is 24.8. The van der Waals surface area contributed by atoms with Gasteiger partial charge in [0.2, 0.25) is 11.7 Å². The Balaban J connectivity index is 1.18. The zero-order chi connectivity index (χ0) is 43.5. The normalized spacial score (nSPS) is 11.7. The number of esters is 1. The van der Waals surface area contributed by atoms with E-state index in [0.29, 0.717) is 23.6 Å². The number of carbonyl (C=O) groups is 3. The van der Waals surface area contributed by atoms with Crippen LogP contribution in [0.5, 0.6) is 0 Å². The second-order valence-electron chi connectivity index (χ2n) is 16.6. The van der Waals surface area contributed by atoms with E-state index >= 15 is 0 Å². The minimum Gasteiger partial charge on any atom is -0.475 e. The van der Waals surface area contributed by atoms with Gasteiger partial charge in [-0.05, 0) is 50.5 Å². The van der Waals surface area contributed by atoms with E-state index in [-0.39, 0.29) is 11.7 Å². The van der Waals surface area contributed by atoms with Crippen LogP contribution in [-0.2, 0) is 14.3 Å². The summed E-state index contributed by atoms with van der Waals surface area (Å²) in [6, 6.07) is 24.5. The number of ether oxygens (including phenoxy) is 1. The first-order valence-corrected chi connectivity index (χ1v) is 22.0. The number of imidazole rings is 1. The van der Waals surface area contributed by atoms with Gasteiger partial charge in [-0.3, -0.25) is 4.79 Å². The Morgan fingerprint density at radius 1 is 0.689 bits per heavy atom. The van der Waals surface area contributed by atoms with Gasteiger partial charge < -0.3 is 24.7 Å². The van der Waals surface area contributed by atoms with Crippen molar-refractivity contribution in [3.05, 3.63) is 108 Å². The number of H-pyrrole nitrogens is 1. The molecule has 0 fully saturated rings. The summed E-state index contributed by atoms with van der Waals surface area (Å²) < 4.78 is 10.3. The highest BCUT2D eigenvalue weighted by molar-refractivity contribution is 5.92. The second-order valence-corrected chi connectivity index (χ2v) is 16.6. The first-order chi connectivity index (χ1) is 29.5. The minimum atomic E-state index is -1.18. The number of hydrogen-bond acceptors (Lipinski definition) is 7. The molecule has 3 aromatic carbocycles. The van der Waals surface area contributed by atoms with Gasteiger partial charge in [0.1, 0.15) is 17.1 Å². The molecule has 322 valence electrons. The number of nitrogens with zero attached hydrogens (tertiary/aromatic N) is 2. The Kier molecular flexibility index (Phi) is 17.9. The zero-order valence-electron chi connectivity index (χ0n) is 36.3. The van der Waals surface area contributed by atoms with E-state index in [0.717, 1.165) is 52.0 Å². The quantitative estimate of drug-likeness (QED) is 0.0316. The van der Waals surface area contributed by atoms with Gasteiger partial charge in [0, 0.05) is 47.0 Å². The second kappa shape index (κ2) is 23.7. The van der Waals surface area contributed by atoms with E-state index in [1.807, 2.05) is 99.6 Å². The van der Waals surface area contributed by atoms with Crippen molar-refractivity contribution in [1.82, 2.24) is 20.4 Å². The molecule has 2 aromatic heterocycles. The predicted octanol–water partition coefficient (Wildman–Crippen LogP) is 12.7. The van der Waals surface area contributed by atoms with Crippen molar-refractivity contribution in [2.75, 3.05) is 6.54 Å². The van der Waals surface area contributed by atoms with Crippen LogP contribution in [0.2, 0.25) is 0 Å². The molecule has 0 saturated carbocycles. The summed E-state index contributed by atoms with van der Waals surface area (Å²) >= 11 is 0. The van der Waals surface area contributed by atoms with E-state index in [1.54, 1.807) is 12.2 Å². The van der Waals surface area contributed by atoms with Crippen molar-refractivity contribution in [3.8, 4) is 45.2 Å². The molecule has 2 heterocycles. The monoisotopic (exact) mass is 826 g/mol. The lowest BCUT2D eigenvalue weighted by Gasteiger charge is -2.17. The molecule has 0 saturated heterocycles. The van der Waals surface area contributed by atoms with Gasteiger partial charge in [0.05, 0.1) is 11.4 Å². The number of benzene rings is 3. The standard InChI is InChI=1S/C51H62N4O6/c1-5-6-7-8-9-10-11-12-13-14-15-16-17-18-35-52-45(56)33-23-37-19-25-40(26-20-37)47-48(41-27-21-38(22-28-41)24-34-46(57)60-51(2,3)4)54-49(53-47)42-31-29-39(30-32-42)43-36-44(50(58)59)61-55-43/h19-34,36H,5-18,35H2,1-4H3,(H,52,56)(H,53,54)(H,58,59)/b33-23+,34-24+. The van der Waals surface area contributed by atoms with Crippen LogP contribution in [0.1, 0.15) is 139 Å². The molecule has 0 aliphatic heterocycles. The highest BCUT2D eigenvalue weighted by Crippen LogP contribution is 2.34. The number of carboxylic acids is 1. The number of aromatic amines is 1. The SMILES string of the molecule is CCCCCCCCCCCCCCCCNC(=O)/C=C/c1ccc(-c2[nH]c(-c3ccc(-c4cc(C(=O)O)on4)cc3)nc2-c2ccc(/C=C/C(=O)OC(C)(C)C)cc2)cc1. The Labute approximate surface area is 360 Å². The summed E-state index contributed by atoms with van der Waals surface area (Å²) in [5.74, 6) is -1.28. The molecular weight excluding hydrogens is 765 g/mol. The maximum Gasteiger partial charge on any atom is 0.374 e. The predicted molar refractivity (Wildman–Crippen MR) is 245 cm³/mol. The molecule has 61 heavy (non-hydrogen) atoms. The van der Waals surface area contributed by atoms with Crippen molar-refractivity contribution in [2.24, 2.45) is 0 Å². The fourth-order valence-corrected chi connectivity index (χ4v) is 7.01. The highest BCUT2D eigenvalue weighted by atomic mass is 16.6. The molecule has 0 radical (unpaired) electrons. The molecular formula is C51H62N4O6. The van der Waals surface area contributed by atoms with Crippen LogP contribution in [0.4, 0.5) is 0 Å². The van der Waals surface area contributed by atoms with E-state index in [4.69, 9.17) is 14.2 Å². The molecule has 3 N–H and O–H groups in total. The molecule has 1 amide bonds. The van der Waals surface area contributed by atoms with Crippen LogP contribution < -0.4 is 5.32 Å². The minimum absolute atomic E-state index is 0.0967. The Hall–Kier alpha value is -6.03. The average molecular weight is 827 g/mol. The van der Waals surface area contributed by atoms with Gasteiger partial charge in [-0.2, -0.15) is 0 Å². The average Bonchev–Trinajstić information content (AvgIpc) is 3.93. The van der Waals surface area contributed by atoms with Crippen LogP contribution in [0.15, 0.2) is 95.5 Å². The fourth-order valence-electron chi connectivity index (χ4n) is 7.01. The molecule has 0 aliphatic rings. The first kappa shape index (κ1) is 46.0. The molecule has 0 spiro atoms. The van der Waals surface area contributed by atoms with E-state index < -0.39 is 17.5 Å². The molecule has 5 aromatic rings. The summed E-state index contributed by atoms with van der Waals surface area (Å²) in [6.45, 7) is 8.44. The number of rotatable bonds is 24. The summed E-state index contributed by atoms with van der Waals surface area (Å²) in [5.41, 5.74) is 6.40. The smallest absolute Gasteiger partial charge is 0.374 e. The number of amides is 1. The van der Waals surface area contributed by atoms with Crippen LogP contribution in [-0.4, -0.2) is 50.2 Å². The van der Waals surface area contributed by atoms with Gasteiger partial charge >= 0.3 is 11.9 Å². The van der Waals surface area contributed by atoms with E-state index in [1.165, 1.54) is 89.2 Å². The van der Waals surface area contributed by atoms with Crippen molar-refractivity contribution >= 4 is 30.0 Å². The number of hydrogen-bond donors (Lipinski definition) is 3. The molecule has 10 nitrogen and oxygen atoms in total. The fraction of sp³-hybridized carbons (Fsp3) is 0.392. The number of carboxylic acid groups (broad SMARTS) is 1. The molecule has 0 atom stereocenters. The largest absolute Gasteiger partial charge is 0.475 e. The van der Waals surface area contributed by atoms with E-state index in [2.05, 4.69) is 22.4 Å². The van der Waals surface area contributed by atoms with Crippen LogP contribution >= 0.6 is 0 Å². The van der Waals surface area contributed by atoms with Crippen molar-refractivity contribution in [3.63, 3.8) is 0 Å². The molecule has 5 rings (SSSR count). The van der Waals surface area contributed by atoms with Gasteiger partial charge in [-0.15, -0.1) is 0 Å². The third-order valence-electron chi connectivity index (χ3n) is 10.3. The highest BCUT2D eigenvalue weighted by Gasteiger charge is 2.18. The van der Waals surface area contributed by atoms with Crippen LogP contribution in [0, 0.1) is 0 Å². The number of carbonyl (C=O) groups excluding carboxylic acids is 2. The third-order valence-corrected chi connectivity index (χ3v) is 10.3. The van der Waals surface area contributed by atoms with Gasteiger partial charge in [0.15, 0.2) is 0 Å². The summed E-state index contributed by atoms with van der Waals surface area (Å²) in [5, 5.41) is 16.1. The summed E-state index contributed by atoms with van der Waals surface area (Å²) in [4.78, 5) is 44.7. The lowest BCUT2D eigenvalue weighted by atomic mass is 10.0. The Morgan fingerprint density at radius 2 is 1.20 bits per heavy atom. The van der Waals surface area contributed by atoms with Gasteiger partial charge in [0.25, 0.3) is 0 Å². The Morgan fingerprint density at radius 3 is 1.74 bits per heavy atom. The topological polar surface area (TPSA) is 147 Å². The van der Waals surface area contributed by atoms with Crippen molar-refractivity contribution < 1.29 is 28.8 Å². The zero-order valence-corrected chi connectivity index (χ0v) is 36.3. The van der Waals surface area contributed by atoms with Crippen LogP contribution in [0.25, 0.3) is 57.3 Å². The number of nitrogens with one attached hydrogen (secondary N) is 2. The molecule has 0 bridgehead atoms. The van der Waals surface area contributed by atoms with Crippen LogP contribution in [0.3, 0.4) is 0 Å². The number of aromatic nitrogens is 3. The Bertz CT molecular complexity index is 2190. The maximum atomic E-state index is 12.6. The van der Waals surface area contributed by atoms with Gasteiger partial charge in [-0.1, -0.05) is 168 Å². The first-order valence-electron chi connectivity index (χ1n) is 22.0. The maximum absolute atomic E-state index is 12.6.